The Labute approximate surface area is 96.6 Å². The first-order valence-electron chi connectivity index (χ1n) is 6.09. The quantitative estimate of drug-likeness (QED) is 0.643. The van der Waals surface area contributed by atoms with Crippen LogP contribution in [0.15, 0.2) is 0 Å². The summed E-state index contributed by atoms with van der Waals surface area (Å²) in [4.78, 5) is 11.4. The topological polar surface area (TPSA) is 66.8 Å². The summed E-state index contributed by atoms with van der Waals surface area (Å²) in [6, 6.07) is 0. The van der Waals surface area contributed by atoms with Gasteiger partial charge in [0.2, 0.25) is 0 Å². The Morgan fingerprint density at radius 2 is 2.19 bits per heavy atom. The highest BCUT2D eigenvalue weighted by Crippen LogP contribution is 2.27. The first-order chi connectivity index (χ1) is 7.67. The Balaban J connectivity index is 2.24. The van der Waals surface area contributed by atoms with Gasteiger partial charge in [0, 0.05) is 13.2 Å². The Morgan fingerprint density at radius 1 is 1.44 bits per heavy atom. The van der Waals surface area contributed by atoms with Crippen molar-refractivity contribution in [1.82, 2.24) is 0 Å². The van der Waals surface area contributed by atoms with Crippen molar-refractivity contribution >= 4 is 5.97 Å². The average molecular weight is 230 g/mol. The van der Waals surface area contributed by atoms with Gasteiger partial charge in [-0.1, -0.05) is 0 Å². The standard InChI is InChI=1S/C12H22O4/c1-9-7-11(12(15)16-9)5-4-10(8-14)3-2-6-13/h9-11,13-14H,2-8H2,1H3. The van der Waals surface area contributed by atoms with Crippen molar-refractivity contribution in [1.29, 1.82) is 0 Å². The van der Waals surface area contributed by atoms with Gasteiger partial charge in [0.05, 0.1) is 12.0 Å². The van der Waals surface area contributed by atoms with Crippen LogP contribution in [0.3, 0.4) is 0 Å². The van der Waals surface area contributed by atoms with Crippen molar-refractivity contribution in [2.75, 3.05) is 13.2 Å². The predicted octanol–water partition coefficient (Wildman–Crippen LogP) is 1.10. The molecule has 2 N–H and O–H groups in total. The van der Waals surface area contributed by atoms with Crippen LogP contribution in [0.4, 0.5) is 0 Å². The van der Waals surface area contributed by atoms with E-state index in [4.69, 9.17) is 14.9 Å². The molecule has 4 heteroatoms. The maximum atomic E-state index is 11.4. The normalized spacial score (nSPS) is 26.8. The van der Waals surface area contributed by atoms with E-state index in [1.807, 2.05) is 6.92 Å². The fraction of sp³-hybridized carbons (Fsp3) is 0.917. The minimum Gasteiger partial charge on any atom is -0.462 e. The minimum absolute atomic E-state index is 0.0122. The van der Waals surface area contributed by atoms with Crippen LogP contribution in [0.5, 0.6) is 0 Å². The maximum absolute atomic E-state index is 11.4. The van der Waals surface area contributed by atoms with Gasteiger partial charge in [-0.05, 0) is 44.9 Å². The van der Waals surface area contributed by atoms with Gasteiger partial charge < -0.3 is 14.9 Å². The number of aliphatic hydroxyl groups excluding tert-OH is 2. The first-order valence-corrected chi connectivity index (χ1v) is 6.09. The van der Waals surface area contributed by atoms with Gasteiger partial charge >= 0.3 is 5.97 Å². The van der Waals surface area contributed by atoms with Gasteiger partial charge in [0.15, 0.2) is 0 Å². The number of rotatable bonds is 7. The Morgan fingerprint density at radius 3 is 2.69 bits per heavy atom. The van der Waals surface area contributed by atoms with Crippen LogP contribution in [0, 0.1) is 11.8 Å². The fourth-order valence-corrected chi connectivity index (χ4v) is 2.22. The minimum atomic E-state index is -0.0913. The Bertz CT molecular complexity index is 217. The van der Waals surface area contributed by atoms with Crippen LogP contribution < -0.4 is 0 Å². The number of hydrogen-bond acceptors (Lipinski definition) is 4. The summed E-state index contributed by atoms with van der Waals surface area (Å²) in [5.74, 6) is 0.125. The summed E-state index contributed by atoms with van der Waals surface area (Å²) >= 11 is 0. The molecule has 1 fully saturated rings. The number of cyclic esters (lactones) is 1. The smallest absolute Gasteiger partial charge is 0.309 e. The molecule has 1 aliphatic rings. The lowest BCUT2D eigenvalue weighted by molar-refractivity contribution is -0.144. The van der Waals surface area contributed by atoms with Gasteiger partial charge in [0.25, 0.3) is 0 Å². The molecule has 1 heterocycles. The van der Waals surface area contributed by atoms with E-state index in [-0.39, 0.29) is 37.1 Å². The van der Waals surface area contributed by atoms with E-state index in [1.54, 1.807) is 0 Å². The molecule has 0 spiro atoms. The third-order valence-corrected chi connectivity index (χ3v) is 3.22. The zero-order valence-electron chi connectivity index (χ0n) is 9.89. The second kappa shape index (κ2) is 6.86. The third-order valence-electron chi connectivity index (χ3n) is 3.22. The average Bonchev–Trinajstić information content (AvgIpc) is 2.58. The lowest BCUT2D eigenvalue weighted by Crippen LogP contribution is -2.13. The highest BCUT2D eigenvalue weighted by atomic mass is 16.5. The van der Waals surface area contributed by atoms with Gasteiger partial charge in [-0.3, -0.25) is 4.79 Å². The Kier molecular flexibility index (Phi) is 5.77. The van der Waals surface area contributed by atoms with Crippen LogP contribution >= 0.6 is 0 Å². The molecule has 0 saturated carbocycles. The lowest BCUT2D eigenvalue weighted by atomic mass is 9.91. The van der Waals surface area contributed by atoms with E-state index in [1.165, 1.54) is 0 Å². The molecule has 4 nitrogen and oxygen atoms in total. The second-order valence-corrected chi connectivity index (χ2v) is 4.67. The molecule has 1 rings (SSSR count). The summed E-state index contributed by atoms with van der Waals surface area (Å²) in [5, 5.41) is 17.9. The van der Waals surface area contributed by atoms with Crippen molar-refractivity contribution in [3.63, 3.8) is 0 Å². The first kappa shape index (κ1) is 13.5. The number of ether oxygens (including phenoxy) is 1. The summed E-state index contributed by atoms with van der Waals surface area (Å²) < 4.78 is 5.08. The van der Waals surface area contributed by atoms with Crippen molar-refractivity contribution in [2.24, 2.45) is 11.8 Å². The van der Waals surface area contributed by atoms with E-state index in [9.17, 15) is 4.79 Å². The van der Waals surface area contributed by atoms with Gasteiger partial charge in [0.1, 0.15) is 0 Å². The largest absolute Gasteiger partial charge is 0.462 e. The molecule has 0 aromatic carbocycles. The Hall–Kier alpha value is -0.610. The fourth-order valence-electron chi connectivity index (χ4n) is 2.22. The molecule has 0 amide bonds. The van der Waals surface area contributed by atoms with Crippen LogP contribution in [0.25, 0.3) is 0 Å². The summed E-state index contributed by atoms with van der Waals surface area (Å²) in [6.45, 7) is 2.21. The molecular formula is C12H22O4. The molecule has 16 heavy (non-hydrogen) atoms. The highest BCUT2D eigenvalue weighted by molar-refractivity contribution is 5.74. The second-order valence-electron chi connectivity index (χ2n) is 4.67. The number of hydrogen-bond donors (Lipinski definition) is 2. The van der Waals surface area contributed by atoms with Crippen LogP contribution in [-0.4, -0.2) is 35.5 Å². The van der Waals surface area contributed by atoms with Gasteiger partial charge in [-0.25, -0.2) is 0 Å². The maximum Gasteiger partial charge on any atom is 0.309 e. The van der Waals surface area contributed by atoms with Gasteiger partial charge in [-0.15, -0.1) is 0 Å². The third kappa shape index (κ3) is 4.10. The molecule has 94 valence electrons. The van der Waals surface area contributed by atoms with E-state index < -0.39 is 0 Å². The van der Waals surface area contributed by atoms with Gasteiger partial charge in [-0.2, -0.15) is 0 Å². The van der Waals surface area contributed by atoms with Crippen molar-refractivity contribution in [3.8, 4) is 0 Å². The van der Waals surface area contributed by atoms with E-state index in [0.29, 0.717) is 0 Å². The van der Waals surface area contributed by atoms with Crippen LogP contribution in [0.2, 0.25) is 0 Å². The summed E-state index contributed by atoms with van der Waals surface area (Å²) in [5.41, 5.74) is 0. The summed E-state index contributed by atoms with van der Waals surface area (Å²) in [6.07, 6.45) is 4.02. The number of esters is 1. The zero-order chi connectivity index (χ0) is 12.0. The van der Waals surface area contributed by atoms with E-state index >= 15 is 0 Å². The molecule has 1 saturated heterocycles. The molecule has 0 radical (unpaired) electrons. The monoisotopic (exact) mass is 230 g/mol. The molecule has 3 unspecified atom stereocenters. The molecule has 0 aliphatic carbocycles. The van der Waals surface area contributed by atoms with E-state index in [2.05, 4.69) is 0 Å². The van der Waals surface area contributed by atoms with Crippen molar-refractivity contribution < 1.29 is 19.7 Å². The highest BCUT2D eigenvalue weighted by Gasteiger charge is 2.31. The zero-order valence-corrected chi connectivity index (χ0v) is 9.89. The number of carbonyl (C=O) groups excluding carboxylic acids is 1. The predicted molar refractivity (Wildman–Crippen MR) is 59.8 cm³/mol. The van der Waals surface area contributed by atoms with Crippen LogP contribution in [-0.2, 0) is 9.53 Å². The van der Waals surface area contributed by atoms with E-state index in [0.717, 1.165) is 32.1 Å². The molecular weight excluding hydrogens is 208 g/mol. The number of carbonyl (C=O) groups is 1. The SMILES string of the molecule is CC1CC(CCC(CO)CCCO)C(=O)O1. The van der Waals surface area contributed by atoms with Crippen molar-refractivity contribution in [3.05, 3.63) is 0 Å². The molecule has 0 bridgehead atoms. The molecule has 0 aromatic heterocycles. The molecule has 0 aromatic rings. The molecule has 3 atom stereocenters. The summed E-state index contributed by atoms with van der Waals surface area (Å²) in [7, 11) is 0. The van der Waals surface area contributed by atoms with Crippen LogP contribution in [0.1, 0.15) is 39.0 Å². The number of aliphatic hydroxyl groups is 2. The van der Waals surface area contributed by atoms with Crippen molar-refractivity contribution in [2.45, 2.75) is 45.1 Å². The molecule has 1 aliphatic heterocycles. The lowest BCUT2D eigenvalue weighted by Gasteiger charge is -2.14.